The van der Waals surface area contributed by atoms with Crippen LogP contribution in [0.25, 0.3) is 10.8 Å². The summed E-state index contributed by atoms with van der Waals surface area (Å²) in [4.78, 5) is 3.20. The minimum absolute atomic E-state index is 0.277. The van der Waals surface area contributed by atoms with Crippen molar-refractivity contribution in [1.82, 2.24) is 4.98 Å². The Balaban J connectivity index is 1.58. The third-order valence-corrected chi connectivity index (χ3v) is 8.32. The highest BCUT2D eigenvalue weighted by Gasteiger charge is 2.57. The summed E-state index contributed by atoms with van der Waals surface area (Å²) in [5.41, 5.74) is 5.24. The average Bonchev–Trinajstić information content (AvgIpc) is 3.17. The second kappa shape index (κ2) is 8.41. The first-order valence-electron chi connectivity index (χ1n) is 10.9. The molecule has 1 fully saturated rings. The molecular formula is C25H27NO5S. The molecule has 3 aromatic rings. The number of aromatic nitrogens is 1. The van der Waals surface area contributed by atoms with Gasteiger partial charge in [0.25, 0.3) is 0 Å². The standard InChI is InChI=1S/C25H27NO5S/c1-2-14-3-5-15(6-4-14)7-16-10-26-11-17-8-18-13-31-25(20(18)9-19(16)17)24(30)23(29)22(28)21(12-27)32-25/h3-6,8-11,21-24,27-30H,2,7,12-13H2,1H3/t21-,22-,23+,24-,25?/m1/s1. The maximum Gasteiger partial charge on any atom is 0.168 e. The van der Waals surface area contributed by atoms with Crippen LogP contribution >= 0.6 is 11.8 Å². The first-order valence-corrected chi connectivity index (χ1v) is 11.8. The van der Waals surface area contributed by atoms with Gasteiger partial charge in [0.2, 0.25) is 0 Å². The SMILES string of the molecule is CCc1ccc(Cc2cncc3cc4c(cc23)C2(OC4)S[C@H](CO)[C@@H](O)[C@H](O)[C@H]2O)cc1. The Bertz CT molecular complexity index is 1140. The number of pyridine rings is 1. The number of nitrogens with zero attached hydrogens (tertiary/aromatic N) is 1. The Kier molecular flexibility index (Phi) is 5.73. The Morgan fingerprint density at radius 1 is 1.06 bits per heavy atom. The van der Waals surface area contributed by atoms with E-state index in [1.165, 1.54) is 22.9 Å². The van der Waals surface area contributed by atoms with Gasteiger partial charge in [-0.05, 0) is 52.6 Å². The molecule has 1 unspecified atom stereocenters. The molecule has 2 aromatic carbocycles. The summed E-state index contributed by atoms with van der Waals surface area (Å²) in [6.07, 6.45) is 1.44. The summed E-state index contributed by atoms with van der Waals surface area (Å²) in [5, 5.41) is 42.8. The first kappa shape index (κ1) is 21.8. The zero-order valence-corrected chi connectivity index (χ0v) is 18.6. The maximum atomic E-state index is 10.9. The molecule has 1 saturated heterocycles. The van der Waals surface area contributed by atoms with Crippen LogP contribution in [0.5, 0.6) is 0 Å². The van der Waals surface area contributed by atoms with E-state index in [0.717, 1.165) is 40.3 Å². The Morgan fingerprint density at radius 2 is 1.81 bits per heavy atom. The van der Waals surface area contributed by atoms with Gasteiger partial charge in [-0.1, -0.05) is 31.2 Å². The van der Waals surface area contributed by atoms with Crippen LogP contribution < -0.4 is 0 Å². The number of benzene rings is 2. The number of rotatable bonds is 4. The van der Waals surface area contributed by atoms with Crippen LogP contribution in [0.2, 0.25) is 0 Å². The molecule has 2 aliphatic heterocycles. The number of hydrogen-bond acceptors (Lipinski definition) is 7. The van der Waals surface area contributed by atoms with E-state index in [2.05, 4.69) is 36.2 Å². The van der Waals surface area contributed by atoms with Crippen LogP contribution in [0.3, 0.4) is 0 Å². The lowest BCUT2D eigenvalue weighted by Gasteiger charge is -2.45. The number of aliphatic hydroxyl groups excluding tert-OH is 4. The molecule has 1 spiro atoms. The summed E-state index contributed by atoms with van der Waals surface area (Å²) in [5.74, 6) is 0. The molecule has 4 N–H and O–H groups in total. The lowest BCUT2D eigenvalue weighted by Crippen LogP contribution is -2.58. The van der Waals surface area contributed by atoms with Crippen LogP contribution in [0.15, 0.2) is 48.8 Å². The molecule has 0 bridgehead atoms. The monoisotopic (exact) mass is 453 g/mol. The summed E-state index contributed by atoms with van der Waals surface area (Å²) in [6, 6.07) is 12.6. The van der Waals surface area contributed by atoms with Crippen molar-refractivity contribution in [3.8, 4) is 0 Å². The van der Waals surface area contributed by atoms with Crippen molar-refractivity contribution in [3.05, 3.63) is 76.6 Å². The molecular weight excluding hydrogens is 426 g/mol. The van der Waals surface area contributed by atoms with Gasteiger partial charge in [0.1, 0.15) is 12.2 Å². The smallest absolute Gasteiger partial charge is 0.168 e. The summed E-state index contributed by atoms with van der Waals surface area (Å²) in [6.45, 7) is 2.09. The summed E-state index contributed by atoms with van der Waals surface area (Å²) in [7, 11) is 0. The van der Waals surface area contributed by atoms with E-state index in [9.17, 15) is 20.4 Å². The van der Waals surface area contributed by atoms with E-state index in [1.807, 2.05) is 24.5 Å². The first-order chi connectivity index (χ1) is 15.5. The number of fused-ring (bicyclic) bond motifs is 3. The predicted molar refractivity (Wildman–Crippen MR) is 123 cm³/mol. The van der Waals surface area contributed by atoms with Crippen molar-refractivity contribution in [2.24, 2.45) is 0 Å². The molecule has 0 radical (unpaired) electrons. The quantitative estimate of drug-likeness (QED) is 0.481. The number of hydrogen-bond donors (Lipinski definition) is 4. The van der Waals surface area contributed by atoms with Gasteiger partial charge in [-0.2, -0.15) is 0 Å². The van der Waals surface area contributed by atoms with E-state index in [0.29, 0.717) is 0 Å². The molecule has 5 rings (SSSR count). The Hall–Kier alpha value is -2.00. The van der Waals surface area contributed by atoms with Gasteiger partial charge in [-0.3, -0.25) is 4.98 Å². The molecule has 0 saturated carbocycles. The van der Waals surface area contributed by atoms with Crippen molar-refractivity contribution < 1.29 is 25.2 Å². The van der Waals surface area contributed by atoms with Gasteiger partial charge in [0.15, 0.2) is 4.93 Å². The number of thioether (sulfide) groups is 1. The summed E-state index contributed by atoms with van der Waals surface area (Å²) >= 11 is 1.18. The van der Waals surface area contributed by atoms with E-state index >= 15 is 0 Å². The van der Waals surface area contributed by atoms with E-state index < -0.39 is 28.5 Å². The van der Waals surface area contributed by atoms with Gasteiger partial charge in [-0.25, -0.2) is 0 Å². The topological polar surface area (TPSA) is 103 Å². The Labute approximate surface area is 190 Å². The van der Waals surface area contributed by atoms with Crippen LogP contribution in [-0.2, 0) is 29.1 Å². The molecule has 168 valence electrons. The second-order valence-electron chi connectivity index (χ2n) is 8.60. The molecule has 5 atom stereocenters. The number of aliphatic hydroxyl groups is 4. The third-order valence-electron chi connectivity index (χ3n) is 6.66. The van der Waals surface area contributed by atoms with E-state index in [1.54, 1.807) is 0 Å². The highest BCUT2D eigenvalue weighted by Crippen LogP contribution is 2.54. The van der Waals surface area contributed by atoms with Gasteiger partial charge < -0.3 is 25.2 Å². The van der Waals surface area contributed by atoms with Crippen LogP contribution in [0, 0.1) is 0 Å². The zero-order valence-electron chi connectivity index (χ0n) is 17.8. The minimum Gasteiger partial charge on any atom is -0.395 e. The lowest BCUT2D eigenvalue weighted by atomic mass is 9.90. The molecule has 0 aliphatic carbocycles. The highest BCUT2D eigenvalue weighted by molar-refractivity contribution is 8.00. The van der Waals surface area contributed by atoms with Crippen molar-refractivity contribution in [2.45, 2.75) is 54.9 Å². The van der Waals surface area contributed by atoms with Crippen LogP contribution in [-0.4, -0.2) is 55.6 Å². The zero-order chi connectivity index (χ0) is 22.5. The van der Waals surface area contributed by atoms with Crippen molar-refractivity contribution in [2.75, 3.05) is 6.61 Å². The molecule has 1 aromatic heterocycles. The highest BCUT2D eigenvalue weighted by atomic mass is 32.2. The average molecular weight is 454 g/mol. The number of aryl methyl sites for hydroxylation is 1. The van der Waals surface area contributed by atoms with Gasteiger partial charge in [-0.15, -0.1) is 11.8 Å². The molecule has 6 nitrogen and oxygen atoms in total. The predicted octanol–water partition coefficient (Wildman–Crippen LogP) is 2.26. The van der Waals surface area contributed by atoms with Crippen molar-refractivity contribution in [1.29, 1.82) is 0 Å². The summed E-state index contributed by atoms with van der Waals surface area (Å²) < 4.78 is 6.08. The fourth-order valence-electron chi connectivity index (χ4n) is 4.77. The fourth-order valence-corrected chi connectivity index (χ4v) is 6.32. The van der Waals surface area contributed by atoms with Crippen LogP contribution in [0.4, 0.5) is 0 Å². The Morgan fingerprint density at radius 3 is 2.53 bits per heavy atom. The van der Waals surface area contributed by atoms with Gasteiger partial charge >= 0.3 is 0 Å². The van der Waals surface area contributed by atoms with Crippen molar-refractivity contribution >= 4 is 22.5 Å². The lowest BCUT2D eigenvalue weighted by molar-refractivity contribution is -0.147. The third kappa shape index (κ3) is 3.44. The second-order valence-corrected chi connectivity index (χ2v) is 10.0. The van der Waals surface area contributed by atoms with E-state index in [4.69, 9.17) is 4.74 Å². The normalized spacial score (nSPS) is 29.5. The molecule has 7 heteroatoms. The van der Waals surface area contributed by atoms with E-state index in [-0.39, 0.29) is 13.2 Å². The van der Waals surface area contributed by atoms with Gasteiger partial charge in [0, 0.05) is 23.3 Å². The fraction of sp³-hybridized carbons (Fsp3) is 0.400. The largest absolute Gasteiger partial charge is 0.395 e. The van der Waals surface area contributed by atoms with Gasteiger partial charge in [0.05, 0.1) is 24.6 Å². The minimum atomic E-state index is -1.41. The molecule has 3 heterocycles. The maximum absolute atomic E-state index is 10.9. The number of ether oxygens (including phenoxy) is 1. The molecule has 2 aliphatic rings. The van der Waals surface area contributed by atoms with Crippen molar-refractivity contribution in [3.63, 3.8) is 0 Å². The van der Waals surface area contributed by atoms with Crippen LogP contribution in [0.1, 0.15) is 34.7 Å². The molecule has 32 heavy (non-hydrogen) atoms. The molecule has 0 amide bonds.